The van der Waals surface area contributed by atoms with Gasteiger partial charge in [-0.1, -0.05) is 35.9 Å². The molecule has 1 heterocycles. The summed E-state index contributed by atoms with van der Waals surface area (Å²) in [4.78, 5) is 40.6. The summed E-state index contributed by atoms with van der Waals surface area (Å²) in [5.41, 5.74) is 3.81. The molecule has 0 saturated carbocycles. The number of Topliss-reactive ketones (excluding diaryl/α,β-unsaturated/α-hetero) is 1. The Morgan fingerprint density at radius 3 is 2.20 bits per heavy atom. The minimum Gasteiger partial charge on any atom is -0.339 e. The number of hydrogen-bond donors (Lipinski definition) is 2. The molecule has 0 aliphatic carbocycles. The zero-order valence-corrected chi connectivity index (χ0v) is 16.9. The van der Waals surface area contributed by atoms with E-state index in [1.165, 1.54) is 6.92 Å². The Morgan fingerprint density at radius 2 is 1.60 bits per heavy atom. The van der Waals surface area contributed by atoms with E-state index in [1.807, 2.05) is 43.3 Å². The van der Waals surface area contributed by atoms with Gasteiger partial charge in [0.15, 0.2) is 5.78 Å². The molecular formula is C24H23N3O3. The van der Waals surface area contributed by atoms with Gasteiger partial charge in [0.1, 0.15) is 0 Å². The fourth-order valence-corrected chi connectivity index (χ4v) is 2.97. The molecular weight excluding hydrogens is 378 g/mol. The summed E-state index contributed by atoms with van der Waals surface area (Å²) in [7, 11) is 0. The molecule has 3 rings (SSSR count). The molecule has 2 aromatic carbocycles. The van der Waals surface area contributed by atoms with Gasteiger partial charge in [0.05, 0.1) is 11.7 Å². The number of anilines is 1. The number of nitrogens with one attached hydrogen (secondary N) is 2. The maximum absolute atomic E-state index is 12.5. The number of benzene rings is 2. The predicted molar refractivity (Wildman–Crippen MR) is 115 cm³/mol. The first-order valence-electron chi connectivity index (χ1n) is 9.61. The average Bonchev–Trinajstić information content (AvgIpc) is 2.75. The van der Waals surface area contributed by atoms with Crippen molar-refractivity contribution in [1.29, 1.82) is 0 Å². The summed E-state index contributed by atoms with van der Waals surface area (Å²) in [6.45, 7) is 3.47. The Kier molecular flexibility index (Phi) is 6.70. The molecule has 0 unspecified atom stereocenters. The van der Waals surface area contributed by atoms with Crippen LogP contribution in [-0.2, 0) is 16.0 Å². The van der Waals surface area contributed by atoms with Gasteiger partial charge in [0.2, 0.25) is 0 Å². The van der Waals surface area contributed by atoms with Crippen molar-refractivity contribution in [2.75, 3.05) is 5.32 Å². The maximum Gasteiger partial charge on any atom is 0.313 e. The zero-order valence-electron chi connectivity index (χ0n) is 16.9. The topological polar surface area (TPSA) is 88.2 Å². The van der Waals surface area contributed by atoms with E-state index in [2.05, 4.69) is 15.6 Å². The first-order valence-corrected chi connectivity index (χ1v) is 9.61. The third kappa shape index (κ3) is 5.61. The third-order valence-corrected chi connectivity index (χ3v) is 4.67. The molecule has 0 aliphatic rings. The molecule has 6 nitrogen and oxygen atoms in total. The van der Waals surface area contributed by atoms with Crippen LogP contribution in [0.25, 0.3) is 0 Å². The summed E-state index contributed by atoms with van der Waals surface area (Å²) in [5.74, 6) is -1.61. The summed E-state index contributed by atoms with van der Waals surface area (Å²) >= 11 is 0. The number of aromatic nitrogens is 1. The smallest absolute Gasteiger partial charge is 0.313 e. The number of pyridine rings is 1. The fraction of sp³-hybridized carbons (Fsp3) is 0.167. The molecule has 0 saturated heterocycles. The highest BCUT2D eigenvalue weighted by Gasteiger charge is 2.21. The van der Waals surface area contributed by atoms with E-state index in [-0.39, 0.29) is 5.78 Å². The first-order chi connectivity index (χ1) is 14.4. The molecule has 2 N–H and O–H groups in total. The third-order valence-electron chi connectivity index (χ3n) is 4.67. The molecule has 30 heavy (non-hydrogen) atoms. The molecule has 0 spiro atoms. The zero-order chi connectivity index (χ0) is 21.5. The van der Waals surface area contributed by atoms with Gasteiger partial charge in [-0.15, -0.1) is 0 Å². The van der Waals surface area contributed by atoms with E-state index >= 15 is 0 Å². The molecule has 1 atom stereocenters. The van der Waals surface area contributed by atoms with Crippen molar-refractivity contribution in [3.63, 3.8) is 0 Å². The Hall–Kier alpha value is -3.80. The maximum atomic E-state index is 12.5. The van der Waals surface area contributed by atoms with E-state index in [4.69, 9.17) is 0 Å². The second-order valence-corrected chi connectivity index (χ2v) is 7.06. The number of amides is 2. The number of aryl methyl sites for hydroxylation is 1. The van der Waals surface area contributed by atoms with Gasteiger partial charge < -0.3 is 10.6 Å². The van der Waals surface area contributed by atoms with Gasteiger partial charge in [0.25, 0.3) is 0 Å². The van der Waals surface area contributed by atoms with Gasteiger partial charge in [-0.25, -0.2) is 0 Å². The highest BCUT2D eigenvalue weighted by molar-refractivity contribution is 6.39. The quantitative estimate of drug-likeness (QED) is 0.488. The van der Waals surface area contributed by atoms with Crippen LogP contribution in [0, 0.1) is 6.92 Å². The average molecular weight is 401 g/mol. The molecule has 0 radical (unpaired) electrons. The Balaban J connectivity index is 1.71. The number of ketones is 1. The molecule has 2 amide bonds. The summed E-state index contributed by atoms with van der Waals surface area (Å²) < 4.78 is 0. The van der Waals surface area contributed by atoms with Crippen molar-refractivity contribution in [3.05, 3.63) is 95.3 Å². The molecule has 1 aromatic heterocycles. The second-order valence-electron chi connectivity index (χ2n) is 7.06. The minimum absolute atomic E-state index is 0.0695. The van der Waals surface area contributed by atoms with Crippen LogP contribution in [0.15, 0.2) is 72.9 Å². The van der Waals surface area contributed by atoms with Crippen LogP contribution in [0.3, 0.4) is 0 Å². The normalized spacial score (nSPS) is 11.4. The van der Waals surface area contributed by atoms with Crippen molar-refractivity contribution in [1.82, 2.24) is 10.3 Å². The van der Waals surface area contributed by atoms with Crippen molar-refractivity contribution in [3.8, 4) is 0 Å². The number of hydrogen-bond acceptors (Lipinski definition) is 4. The molecule has 0 fully saturated rings. The first kappa shape index (κ1) is 20.9. The highest BCUT2D eigenvalue weighted by atomic mass is 16.2. The van der Waals surface area contributed by atoms with Crippen molar-refractivity contribution in [2.45, 2.75) is 26.3 Å². The summed E-state index contributed by atoms with van der Waals surface area (Å²) in [5, 5.41) is 5.33. The summed E-state index contributed by atoms with van der Waals surface area (Å²) in [6.07, 6.45) is 2.16. The number of rotatable bonds is 6. The summed E-state index contributed by atoms with van der Waals surface area (Å²) in [6, 6.07) is 19.4. The number of nitrogens with zero attached hydrogens (tertiary/aromatic N) is 1. The van der Waals surface area contributed by atoms with Crippen LogP contribution < -0.4 is 10.6 Å². The van der Waals surface area contributed by atoms with Gasteiger partial charge >= 0.3 is 11.8 Å². The van der Waals surface area contributed by atoms with Gasteiger partial charge in [-0.3, -0.25) is 19.4 Å². The van der Waals surface area contributed by atoms with E-state index in [1.54, 1.807) is 36.5 Å². The highest BCUT2D eigenvalue weighted by Crippen LogP contribution is 2.17. The van der Waals surface area contributed by atoms with Crippen LogP contribution in [0.5, 0.6) is 0 Å². The lowest BCUT2D eigenvalue weighted by molar-refractivity contribution is -0.136. The number of carbonyl (C=O) groups is 3. The van der Waals surface area contributed by atoms with Crippen molar-refractivity contribution >= 4 is 23.3 Å². The monoisotopic (exact) mass is 401 g/mol. The Bertz CT molecular complexity index is 1030. The lowest BCUT2D eigenvalue weighted by Crippen LogP contribution is -2.38. The van der Waals surface area contributed by atoms with Crippen LogP contribution in [0.4, 0.5) is 5.69 Å². The van der Waals surface area contributed by atoms with Crippen LogP contribution in [0.2, 0.25) is 0 Å². The van der Waals surface area contributed by atoms with Crippen LogP contribution in [0.1, 0.15) is 40.1 Å². The van der Waals surface area contributed by atoms with Gasteiger partial charge in [0, 0.05) is 17.4 Å². The predicted octanol–water partition coefficient (Wildman–Crippen LogP) is 3.63. The fourth-order valence-electron chi connectivity index (χ4n) is 2.97. The Labute approximate surface area is 175 Å². The van der Waals surface area contributed by atoms with Crippen LogP contribution in [-0.4, -0.2) is 22.6 Å². The minimum atomic E-state index is -0.782. The van der Waals surface area contributed by atoms with Crippen LogP contribution >= 0.6 is 0 Å². The number of carbonyl (C=O) groups excluding carboxylic acids is 3. The molecule has 152 valence electrons. The molecule has 3 aromatic rings. The lowest BCUT2D eigenvalue weighted by Gasteiger charge is -2.18. The molecule has 6 heteroatoms. The van der Waals surface area contributed by atoms with Gasteiger partial charge in [-0.05, 0) is 62.2 Å². The van der Waals surface area contributed by atoms with Crippen molar-refractivity contribution < 1.29 is 14.4 Å². The molecule has 0 aliphatic heterocycles. The van der Waals surface area contributed by atoms with Gasteiger partial charge in [-0.2, -0.15) is 0 Å². The SMILES string of the molecule is CC(=O)c1ccc(NC(=O)C(=O)N[C@H](Cc2ccc(C)cc2)c2ccccn2)cc1. The largest absolute Gasteiger partial charge is 0.339 e. The van der Waals surface area contributed by atoms with E-state index in [0.29, 0.717) is 23.4 Å². The molecule has 0 bridgehead atoms. The van der Waals surface area contributed by atoms with E-state index < -0.39 is 17.9 Å². The lowest BCUT2D eigenvalue weighted by atomic mass is 10.0. The standard InChI is InChI=1S/C24H23N3O3/c1-16-6-8-18(9-7-16)15-22(21-5-3-4-14-25-21)27-24(30)23(29)26-20-12-10-19(11-13-20)17(2)28/h3-14,22H,15H2,1-2H3,(H,26,29)(H,27,30)/t22-/m1/s1. The van der Waals surface area contributed by atoms with Crippen molar-refractivity contribution in [2.24, 2.45) is 0 Å². The van der Waals surface area contributed by atoms with E-state index in [9.17, 15) is 14.4 Å². The van der Waals surface area contributed by atoms with E-state index in [0.717, 1.165) is 11.1 Å². The second kappa shape index (κ2) is 9.60. The Morgan fingerprint density at radius 1 is 0.900 bits per heavy atom.